The molecule has 156 valence electrons. The van der Waals surface area contributed by atoms with Gasteiger partial charge in [0.1, 0.15) is 5.82 Å². The van der Waals surface area contributed by atoms with Gasteiger partial charge in [-0.15, -0.1) is 24.0 Å². The second kappa shape index (κ2) is 11.0. The molecule has 0 bridgehead atoms. The molecule has 29 heavy (non-hydrogen) atoms. The predicted molar refractivity (Wildman–Crippen MR) is 126 cm³/mol. The second-order valence-electron chi connectivity index (χ2n) is 6.63. The molecule has 0 saturated carbocycles. The van der Waals surface area contributed by atoms with E-state index in [2.05, 4.69) is 25.4 Å². The minimum atomic E-state index is -0.213. The van der Waals surface area contributed by atoms with Gasteiger partial charge >= 0.3 is 0 Å². The summed E-state index contributed by atoms with van der Waals surface area (Å²) in [6.45, 7) is 4.03. The van der Waals surface area contributed by atoms with Gasteiger partial charge in [0.25, 0.3) is 5.91 Å². The summed E-state index contributed by atoms with van der Waals surface area (Å²) in [6.07, 6.45) is 0. The van der Waals surface area contributed by atoms with Crippen LogP contribution in [0.2, 0.25) is 0 Å². The number of guanidine groups is 1. The Kier molecular flexibility index (Phi) is 8.69. The Morgan fingerprint density at radius 1 is 1.03 bits per heavy atom. The fourth-order valence-corrected chi connectivity index (χ4v) is 3.26. The molecule has 8 heteroatoms. The van der Waals surface area contributed by atoms with Crippen molar-refractivity contribution >= 4 is 41.5 Å². The van der Waals surface area contributed by atoms with Crippen molar-refractivity contribution in [1.29, 1.82) is 0 Å². The van der Waals surface area contributed by atoms with Gasteiger partial charge in [0.15, 0.2) is 5.96 Å². The SMILES string of the molecule is CN=C(NCc1ccc(C(=O)NC)cc1)N1CCN(c2ccc(F)cc2)CC1.I. The van der Waals surface area contributed by atoms with Crippen LogP contribution in [-0.2, 0) is 6.54 Å². The molecule has 0 aliphatic carbocycles. The molecule has 0 aromatic heterocycles. The highest BCUT2D eigenvalue weighted by atomic mass is 127. The summed E-state index contributed by atoms with van der Waals surface area (Å²) in [5.74, 6) is 0.554. The Balaban J connectivity index is 0.00000300. The highest BCUT2D eigenvalue weighted by molar-refractivity contribution is 14.0. The maximum atomic E-state index is 13.1. The number of hydrogen-bond donors (Lipinski definition) is 2. The van der Waals surface area contributed by atoms with Crippen LogP contribution in [0.5, 0.6) is 0 Å². The number of amides is 1. The molecule has 1 aliphatic rings. The zero-order chi connectivity index (χ0) is 19.9. The normalized spacial score (nSPS) is 14.2. The van der Waals surface area contributed by atoms with E-state index in [9.17, 15) is 9.18 Å². The van der Waals surface area contributed by atoms with Crippen LogP contribution in [0.1, 0.15) is 15.9 Å². The highest BCUT2D eigenvalue weighted by Gasteiger charge is 2.19. The lowest BCUT2D eigenvalue weighted by atomic mass is 10.1. The average molecular weight is 511 g/mol. The van der Waals surface area contributed by atoms with Crippen molar-refractivity contribution in [2.75, 3.05) is 45.2 Å². The quantitative estimate of drug-likeness (QED) is 0.377. The lowest BCUT2D eigenvalue weighted by molar-refractivity contribution is 0.0963. The molecule has 1 heterocycles. The van der Waals surface area contributed by atoms with Gasteiger partial charge in [-0.2, -0.15) is 0 Å². The first-order chi connectivity index (χ1) is 13.6. The third-order valence-electron chi connectivity index (χ3n) is 4.88. The van der Waals surface area contributed by atoms with Crippen LogP contribution in [0.25, 0.3) is 0 Å². The topological polar surface area (TPSA) is 60.0 Å². The number of aliphatic imine (C=N–C) groups is 1. The van der Waals surface area contributed by atoms with Crippen molar-refractivity contribution in [2.24, 2.45) is 4.99 Å². The fraction of sp³-hybridized carbons (Fsp3) is 0.333. The van der Waals surface area contributed by atoms with Gasteiger partial charge in [0.05, 0.1) is 0 Å². The summed E-state index contributed by atoms with van der Waals surface area (Å²) in [5.41, 5.74) is 2.77. The molecule has 0 unspecified atom stereocenters. The van der Waals surface area contributed by atoms with E-state index in [0.29, 0.717) is 12.1 Å². The van der Waals surface area contributed by atoms with Crippen LogP contribution >= 0.6 is 24.0 Å². The molecule has 0 spiro atoms. The number of piperazine rings is 1. The number of nitrogens with one attached hydrogen (secondary N) is 2. The first kappa shape index (κ1) is 22.9. The molecule has 2 aromatic rings. The zero-order valence-corrected chi connectivity index (χ0v) is 19.0. The van der Waals surface area contributed by atoms with Crippen molar-refractivity contribution in [1.82, 2.24) is 15.5 Å². The van der Waals surface area contributed by atoms with Crippen molar-refractivity contribution in [3.05, 3.63) is 65.5 Å². The Labute approximate surface area is 188 Å². The number of rotatable bonds is 4. The second-order valence-corrected chi connectivity index (χ2v) is 6.63. The van der Waals surface area contributed by atoms with Crippen LogP contribution in [-0.4, -0.2) is 57.0 Å². The first-order valence-corrected chi connectivity index (χ1v) is 9.38. The van der Waals surface area contributed by atoms with E-state index in [1.807, 2.05) is 36.4 Å². The monoisotopic (exact) mass is 511 g/mol. The number of nitrogens with zero attached hydrogens (tertiary/aromatic N) is 3. The predicted octanol–water partition coefficient (Wildman–Crippen LogP) is 2.70. The van der Waals surface area contributed by atoms with Gasteiger partial charge in [-0.25, -0.2) is 4.39 Å². The molecule has 1 amide bonds. The number of anilines is 1. The number of hydrogen-bond acceptors (Lipinski definition) is 3. The molecule has 1 aliphatic heterocycles. The Morgan fingerprint density at radius 2 is 1.66 bits per heavy atom. The fourth-order valence-electron chi connectivity index (χ4n) is 3.26. The number of carbonyl (C=O) groups excluding carboxylic acids is 1. The Bertz CT molecular complexity index is 818. The molecule has 3 rings (SSSR count). The zero-order valence-electron chi connectivity index (χ0n) is 16.7. The highest BCUT2D eigenvalue weighted by Crippen LogP contribution is 2.17. The van der Waals surface area contributed by atoms with Gasteiger partial charge in [0.2, 0.25) is 0 Å². The van der Waals surface area contributed by atoms with E-state index in [0.717, 1.165) is 43.4 Å². The maximum absolute atomic E-state index is 13.1. The van der Waals surface area contributed by atoms with Crippen molar-refractivity contribution in [2.45, 2.75) is 6.54 Å². The molecule has 0 radical (unpaired) electrons. The van der Waals surface area contributed by atoms with E-state index in [1.165, 1.54) is 12.1 Å². The molecular formula is C21H27FIN5O. The molecule has 6 nitrogen and oxygen atoms in total. The van der Waals surface area contributed by atoms with E-state index >= 15 is 0 Å². The Hall–Kier alpha value is -2.36. The molecule has 2 N–H and O–H groups in total. The largest absolute Gasteiger partial charge is 0.368 e. The maximum Gasteiger partial charge on any atom is 0.251 e. The van der Waals surface area contributed by atoms with Gasteiger partial charge in [-0.3, -0.25) is 9.79 Å². The molecule has 2 aromatic carbocycles. The lowest BCUT2D eigenvalue weighted by Gasteiger charge is -2.37. The summed E-state index contributed by atoms with van der Waals surface area (Å²) in [4.78, 5) is 20.5. The Morgan fingerprint density at radius 3 is 2.21 bits per heavy atom. The number of carbonyl (C=O) groups is 1. The van der Waals surface area contributed by atoms with Crippen LogP contribution in [0.3, 0.4) is 0 Å². The van der Waals surface area contributed by atoms with Crippen molar-refractivity contribution < 1.29 is 9.18 Å². The summed E-state index contributed by atoms with van der Waals surface area (Å²) >= 11 is 0. The van der Waals surface area contributed by atoms with Crippen LogP contribution in [0, 0.1) is 5.82 Å². The average Bonchev–Trinajstić information content (AvgIpc) is 2.75. The summed E-state index contributed by atoms with van der Waals surface area (Å²) in [6, 6.07) is 14.2. The smallest absolute Gasteiger partial charge is 0.251 e. The number of benzene rings is 2. The minimum Gasteiger partial charge on any atom is -0.368 e. The van der Waals surface area contributed by atoms with E-state index in [4.69, 9.17) is 0 Å². The van der Waals surface area contributed by atoms with Crippen LogP contribution < -0.4 is 15.5 Å². The molecular weight excluding hydrogens is 484 g/mol. The third kappa shape index (κ3) is 6.06. The van der Waals surface area contributed by atoms with Gasteiger partial charge in [-0.1, -0.05) is 12.1 Å². The van der Waals surface area contributed by atoms with Gasteiger partial charge in [0, 0.05) is 58.1 Å². The minimum absolute atomic E-state index is 0. The van der Waals surface area contributed by atoms with E-state index < -0.39 is 0 Å². The van der Waals surface area contributed by atoms with Crippen LogP contribution in [0.4, 0.5) is 10.1 Å². The molecule has 0 atom stereocenters. The number of halogens is 2. The first-order valence-electron chi connectivity index (χ1n) is 9.38. The van der Waals surface area contributed by atoms with Crippen molar-refractivity contribution in [3.8, 4) is 0 Å². The van der Waals surface area contributed by atoms with E-state index in [1.54, 1.807) is 14.1 Å². The van der Waals surface area contributed by atoms with Crippen LogP contribution in [0.15, 0.2) is 53.5 Å². The van der Waals surface area contributed by atoms with Gasteiger partial charge in [-0.05, 0) is 42.0 Å². The summed E-state index contributed by atoms with van der Waals surface area (Å²) in [7, 11) is 3.40. The summed E-state index contributed by atoms with van der Waals surface area (Å²) < 4.78 is 13.1. The molecule has 1 fully saturated rings. The lowest BCUT2D eigenvalue weighted by Crippen LogP contribution is -2.52. The van der Waals surface area contributed by atoms with Gasteiger partial charge < -0.3 is 20.4 Å². The van der Waals surface area contributed by atoms with E-state index in [-0.39, 0.29) is 35.7 Å². The summed E-state index contributed by atoms with van der Waals surface area (Å²) in [5, 5.41) is 6.01. The van der Waals surface area contributed by atoms with Crippen molar-refractivity contribution in [3.63, 3.8) is 0 Å². The molecule has 1 saturated heterocycles. The standard InChI is InChI=1S/C21H26FN5O.HI/c1-23-20(28)17-5-3-16(4-6-17)15-25-21(24-2)27-13-11-26(12-14-27)19-9-7-18(22)8-10-19;/h3-10H,11-15H2,1-2H3,(H,23,28)(H,24,25);1H. The third-order valence-corrected chi connectivity index (χ3v) is 4.88.